The summed E-state index contributed by atoms with van der Waals surface area (Å²) >= 11 is -1.81. The van der Waals surface area contributed by atoms with E-state index in [0.29, 0.717) is 0 Å². The molecule has 0 aliphatic heterocycles. The fourth-order valence-electron chi connectivity index (χ4n) is 0. The first kappa shape index (κ1) is 6.21. The first-order valence-electron chi connectivity index (χ1n) is 1.69. The van der Waals surface area contributed by atoms with Crippen LogP contribution in [0.1, 0.15) is 0 Å². The van der Waals surface area contributed by atoms with E-state index in [1.807, 2.05) is 0 Å². The monoisotopic (exact) mass is 288 g/mol. The van der Waals surface area contributed by atoms with Gasteiger partial charge in [0.2, 0.25) is 0 Å². The Kier molecular flexibility index (Phi) is 2.21. The van der Waals surface area contributed by atoms with Crippen molar-refractivity contribution in [2.75, 3.05) is 0 Å². The fraction of sp³-hybridized carbons (Fsp3) is 1.00. The summed E-state index contributed by atoms with van der Waals surface area (Å²) < 4.78 is 6.53. The maximum absolute atomic E-state index is 5.75. The Morgan fingerprint density at radius 1 is 1.20 bits per heavy atom. The molecule has 0 radical (unpaired) electrons. The van der Waals surface area contributed by atoms with E-state index in [1.54, 1.807) is 0 Å². The van der Waals surface area contributed by atoms with Crippen molar-refractivity contribution in [2.45, 2.75) is 13.4 Å². The molecule has 0 unspecified atom stereocenters. The van der Waals surface area contributed by atoms with Gasteiger partial charge in [-0.3, -0.25) is 0 Å². The topological polar surface area (TPSA) is 0 Å². The molecule has 0 saturated carbocycles. The minimum absolute atomic E-state index is 1.81. The quantitative estimate of drug-likeness (QED) is 0.598. The molecule has 0 heterocycles. The second-order valence-electron chi connectivity index (χ2n) is 2.07. The van der Waals surface area contributed by atoms with Crippen LogP contribution in [0.2, 0.25) is 13.4 Å². The van der Waals surface area contributed by atoms with Gasteiger partial charge in [-0.05, 0) is 0 Å². The summed E-state index contributed by atoms with van der Waals surface area (Å²) in [5.41, 5.74) is 0. The molecule has 2 heteroatoms. The first-order valence-corrected chi connectivity index (χ1v) is 18.1. The number of halogens is 1. The molecule has 0 rings (SSSR count). The van der Waals surface area contributed by atoms with Gasteiger partial charge in [0.15, 0.2) is 0 Å². The summed E-state index contributed by atoms with van der Waals surface area (Å²) in [5, 5.41) is 0. The molecule has 0 spiro atoms. The molecule has 0 saturated heterocycles. The van der Waals surface area contributed by atoms with Crippen LogP contribution in [0, 0.1) is 0 Å². The zero-order chi connectivity index (χ0) is 4.50. The SMILES string of the molecule is [CH3][Pb]([CH3])([CH3])[Cl]. The van der Waals surface area contributed by atoms with Crippen molar-refractivity contribution in [3.8, 4) is 0 Å². The molecule has 0 bridgehead atoms. The molecule has 0 N–H and O–H groups in total. The van der Waals surface area contributed by atoms with Crippen LogP contribution in [0.3, 0.4) is 0 Å². The van der Waals surface area contributed by atoms with Crippen LogP contribution in [0.25, 0.3) is 0 Å². The second kappa shape index (κ2) is 1.78. The van der Waals surface area contributed by atoms with E-state index in [2.05, 4.69) is 13.4 Å². The van der Waals surface area contributed by atoms with E-state index in [0.717, 1.165) is 0 Å². The molecule has 0 aromatic carbocycles. The first-order chi connectivity index (χ1) is 2.00. The van der Waals surface area contributed by atoms with Crippen LogP contribution in [0.4, 0.5) is 0 Å². The van der Waals surface area contributed by atoms with Crippen molar-refractivity contribution in [2.24, 2.45) is 0 Å². The van der Waals surface area contributed by atoms with Crippen LogP contribution >= 0.6 is 8.32 Å². The average molecular weight is 288 g/mol. The third-order valence-corrected chi connectivity index (χ3v) is 0. The molecule has 0 aromatic rings. The van der Waals surface area contributed by atoms with Gasteiger partial charge in [0.1, 0.15) is 0 Å². The Hall–Kier alpha value is 1.21. The molecule has 0 amide bonds. The maximum atomic E-state index is 5.75. The predicted molar refractivity (Wildman–Crippen MR) is 29.2 cm³/mol. The van der Waals surface area contributed by atoms with E-state index in [9.17, 15) is 0 Å². The van der Waals surface area contributed by atoms with Gasteiger partial charge in [-0.2, -0.15) is 0 Å². The van der Waals surface area contributed by atoms with Crippen LogP contribution in [0.5, 0.6) is 0 Å². The van der Waals surface area contributed by atoms with Gasteiger partial charge >= 0.3 is 41.7 Å². The molecule has 0 aliphatic rings. The fourth-order valence-corrected chi connectivity index (χ4v) is 0. The van der Waals surface area contributed by atoms with Crippen molar-refractivity contribution < 1.29 is 0 Å². The Morgan fingerprint density at radius 2 is 1.20 bits per heavy atom. The van der Waals surface area contributed by atoms with Crippen molar-refractivity contribution >= 4 is 28.3 Å². The second-order valence-corrected chi connectivity index (χ2v) is 28.1. The third-order valence-electron chi connectivity index (χ3n) is 0. The molecule has 0 aliphatic carbocycles. The standard InChI is InChI=1S/3CH3.ClH.Pb/h3*1H3;1H;/q;;;;+1/p-1. The summed E-state index contributed by atoms with van der Waals surface area (Å²) in [6.07, 6.45) is 0. The van der Waals surface area contributed by atoms with Crippen LogP contribution in [0.15, 0.2) is 0 Å². The Morgan fingerprint density at radius 3 is 1.20 bits per heavy atom. The van der Waals surface area contributed by atoms with E-state index < -0.39 is 19.9 Å². The van der Waals surface area contributed by atoms with Crippen LogP contribution in [-0.4, -0.2) is 19.9 Å². The summed E-state index contributed by atoms with van der Waals surface area (Å²) in [6.45, 7) is 0. The van der Waals surface area contributed by atoms with Crippen molar-refractivity contribution in [3.63, 3.8) is 0 Å². The number of hydrogen-bond donors (Lipinski definition) is 0. The molecule has 0 atom stereocenters. The summed E-state index contributed by atoms with van der Waals surface area (Å²) in [5.74, 6) is 0. The van der Waals surface area contributed by atoms with E-state index in [4.69, 9.17) is 8.32 Å². The van der Waals surface area contributed by atoms with Crippen molar-refractivity contribution in [1.29, 1.82) is 0 Å². The number of hydrogen-bond acceptors (Lipinski definition) is 0. The summed E-state index contributed by atoms with van der Waals surface area (Å²) in [7, 11) is 5.75. The molecule has 0 fully saturated rings. The average Bonchev–Trinajstić information content (AvgIpc) is 0.722. The van der Waals surface area contributed by atoms with Gasteiger partial charge in [-0.25, -0.2) is 0 Å². The molecule has 0 aromatic heterocycles. The van der Waals surface area contributed by atoms with Crippen LogP contribution in [-0.2, 0) is 0 Å². The summed E-state index contributed by atoms with van der Waals surface area (Å²) in [6, 6.07) is 0. The molecule has 0 nitrogen and oxygen atoms in total. The zero-order valence-electron chi connectivity index (χ0n) is 3.88. The van der Waals surface area contributed by atoms with Gasteiger partial charge in [-0.1, -0.05) is 0 Å². The zero-order valence-corrected chi connectivity index (χ0v) is 8.52. The van der Waals surface area contributed by atoms with Crippen LogP contribution < -0.4 is 0 Å². The third kappa shape index (κ3) is 36.6. The molecular weight excluding hydrogens is 279 g/mol. The predicted octanol–water partition coefficient (Wildman–Crippen LogP) is 2.06. The number of rotatable bonds is 0. The molecule has 5 heavy (non-hydrogen) atoms. The van der Waals surface area contributed by atoms with E-state index in [1.165, 1.54) is 0 Å². The normalized spacial score (nSPS) is 12.0. The van der Waals surface area contributed by atoms with Gasteiger partial charge in [0.05, 0.1) is 0 Å². The Balaban J connectivity index is 3.02. The van der Waals surface area contributed by atoms with Gasteiger partial charge in [0.25, 0.3) is 0 Å². The van der Waals surface area contributed by atoms with E-state index in [-0.39, 0.29) is 0 Å². The van der Waals surface area contributed by atoms with Crippen molar-refractivity contribution in [1.82, 2.24) is 0 Å². The van der Waals surface area contributed by atoms with E-state index >= 15 is 0 Å². The molecule has 32 valence electrons. The van der Waals surface area contributed by atoms with Crippen molar-refractivity contribution in [3.05, 3.63) is 0 Å². The molecular formula is C3H9ClPb. The van der Waals surface area contributed by atoms with Gasteiger partial charge in [-0.15, -0.1) is 0 Å². The van der Waals surface area contributed by atoms with Gasteiger partial charge in [0, 0.05) is 0 Å². The minimum atomic E-state index is -1.81. The summed E-state index contributed by atoms with van der Waals surface area (Å²) in [4.78, 5) is 0. The van der Waals surface area contributed by atoms with Gasteiger partial charge < -0.3 is 0 Å². The Labute approximate surface area is 41.6 Å². The Bertz CT molecular complexity index is 22.4.